The third-order valence-corrected chi connectivity index (χ3v) is 4.25. The van der Waals surface area contributed by atoms with Crippen LogP contribution in [-0.2, 0) is 19.6 Å². The first-order valence-electron chi connectivity index (χ1n) is 6.35. The summed E-state index contributed by atoms with van der Waals surface area (Å²) >= 11 is 11.4. The van der Waals surface area contributed by atoms with Crippen LogP contribution in [0.2, 0.25) is 0 Å². The number of hydrogen-bond acceptors (Lipinski definition) is 5. The van der Waals surface area contributed by atoms with E-state index in [0.717, 1.165) is 5.56 Å². The molecule has 0 aliphatic carbocycles. The molecule has 0 heterocycles. The van der Waals surface area contributed by atoms with E-state index in [1.165, 1.54) is 12.1 Å². The van der Waals surface area contributed by atoms with Crippen molar-refractivity contribution in [2.75, 3.05) is 6.61 Å². The molecule has 0 fully saturated rings. The third-order valence-electron chi connectivity index (χ3n) is 2.52. The van der Waals surface area contributed by atoms with Crippen LogP contribution in [0.1, 0.15) is 18.9 Å². The summed E-state index contributed by atoms with van der Waals surface area (Å²) in [7, 11) is -3.86. The summed E-state index contributed by atoms with van der Waals surface area (Å²) in [6.07, 6.45) is -0.304. The number of nitrogens with one attached hydrogen (secondary N) is 1. The van der Waals surface area contributed by atoms with Crippen LogP contribution in [0.5, 0.6) is 0 Å². The van der Waals surface area contributed by atoms with Crippen LogP contribution in [0.4, 0.5) is 0 Å². The molecule has 0 unspecified atom stereocenters. The second-order valence-corrected chi connectivity index (χ2v) is 7.05. The molecule has 0 spiro atoms. The first-order chi connectivity index (χ1) is 10.3. The van der Waals surface area contributed by atoms with Gasteiger partial charge in [-0.2, -0.15) is 13.5 Å². The monoisotopic (exact) mass is 366 g/mol. The first kappa shape index (κ1) is 18.7. The van der Waals surface area contributed by atoms with Crippen LogP contribution in [0, 0.1) is 6.92 Å². The van der Waals surface area contributed by atoms with Crippen LogP contribution in [0.15, 0.2) is 34.3 Å². The number of sulfonamides is 1. The number of hydrogen-bond donors (Lipinski definition) is 1. The Morgan fingerprint density at radius 1 is 1.32 bits per heavy atom. The summed E-state index contributed by atoms with van der Waals surface area (Å²) in [5.41, 5.74) is 0.879. The third kappa shape index (κ3) is 5.82. The predicted molar refractivity (Wildman–Crippen MR) is 85.7 cm³/mol. The summed E-state index contributed by atoms with van der Waals surface area (Å²) in [4.78, 5) is 12.3. The molecule has 1 aromatic rings. The van der Waals surface area contributed by atoms with Gasteiger partial charge in [0.2, 0.25) is 0 Å². The zero-order valence-electron chi connectivity index (χ0n) is 12.0. The second kappa shape index (κ2) is 8.36. The van der Waals surface area contributed by atoms with Gasteiger partial charge in [0.1, 0.15) is 4.84 Å². The lowest BCUT2D eigenvalue weighted by molar-refractivity contribution is -0.141. The maximum absolute atomic E-state index is 12.1. The van der Waals surface area contributed by atoms with E-state index < -0.39 is 20.8 Å². The van der Waals surface area contributed by atoms with Gasteiger partial charge in [0, 0.05) is 0 Å². The van der Waals surface area contributed by atoms with E-state index in [2.05, 4.69) is 5.10 Å². The van der Waals surface area contributed by atoms with Gasteiger partial charge in [-0.3, -0.25) is 4.79 Å². The molecule has 0 aliphatic heterocycles. The minimum atomic E-state index is -3.86. The zero-order valence-corrected chi connectivity index (χ0v) is 14.4. The summed E-state index contributed by atoms with van der Waals surface area (Å²) < 4.78 is 28.9. The first-order valence-corrected chi connectivity index (χ1v) is 8.70. The van der Waals surface area contributed by atoms with E-state index in [1.807, 2.05) is 11.8 Å². The van der Waals surface area contributed by atoms with Gasteiger partial charge in [-0.1, -0.05) is 40.9 Å². The Bertz CT molecular complexity index is 643. The minimum absolute atomic E-state index is 0.0398. The number of aryl methyl sites for hydroxylation is 1. The number of halogens is 2. The highest BCUT2D eigenvalue weighted by Gasteiger charge is 2.18. The molecule has 0 radical (unpaired) electrons. The fraction of sp³-hybridized carbons (Fsp3) is 0.385. The van der Waals surface area contributed by atoms with Gasteiger partial charge >= 0.3 is 5.97 Å². The molecule has 9 heteroatoms. The molecule has 0 aromatic heterocycles. The average Bonchev–Trinajstić information content (AvgIpc) is 2.44. The number of nitrogens with zero attached hydrogens (tertiary/aromatic N) is 1. The zero-order chi connectivity index (χ0) is 16.8. The molecule has 0 atom stereocenters. The normalized spacial score (nSPS) is 12.3. The minimum Gasteiger partial charge on any atom is -0.466 e. The molecule has 22 heavy (non-hydrogen) atoms. The Morgan fingerprint density at radius 3 is 2.41 bits per heavy atom. The van der Waals surface area contributed by atoms with Crippen molar-refractivity contribution in [3.63, 3.8) is 0 Å². The van der Waals surface area contributed by atoms with Gasteiger partial charge in [0.05, 0.1) is 23.6 Å². The van der Waals surface area contributed by atoms with Crippen LogP contribution < -0.4 is 4.83 Å². The molecule has 1 aromatic carbocycles. The Hall–Kier alpha value is -1.31. The number of alkyl halides is 2. The van der Waals surface area contributed by atoms with Crippen molar-refractivity contribution in [3.05, 3.63) is 29.8 Å². The summed E-state index contributed by atoms with van der Waals surface area (Å²) in [5, 5.41) is 3.63. The van der Waals surface area contributed by atoms with Crippen molar-refractivity contribution >= 4 is 44.9 Å². The van der Waals surface area contributed by atoms with Crippen molar-refractivity contribution in [1.82, 2.24) is 4.83 Å². The summed E-state index contributed by atoms with van der Waals surface area (Å²) in [5.74, 6) is -0.595. The number of carbonyl (C=O) groups excluding carboxylic acids is 1. The van der Waals surface area contributed by atoms with E-state index in [-0.39, 0.29) is 23.6 Å². The van der Waals surface area contributed by atoms with Crippen molar-refractivity contribution in [3.8, 4) is 0 Å². The SMILES string of the molecule is CCOC(=O)C/C(=N\NS(=O)(=O)c1ccc(C)cc1)C(Cl)Cl. The number of rotatable bonds is 7. The Morgan fingerprint density at radius 2 is 1.91 bits per heavy atom. The fourth-order valence-corrected chi connectivity index (χ4v) is 2.50. The molecule has 1 rings (SSSR count). The molecule has 0 amide bonds. The van der Waals surface area contributed by atoms with Crippen LogP contribution in [0.25, 0.3) is 0 Å². The van der Waals surface area contributed by atoms with E-state index in [1.54, 1.807) is 19.1 Å². The Labute approximate surface area is 139 Å². The smallest absolute Gasteiger partial charge is 0.311 e. The number of ether oxygens (including phenoxy) is 1. The number of esters is 1. The van der Waals surface area contributed by atoms with Crippen LogP contribution in [0.3, 0.4) is 0 Å². The van der Waals surface area contributed by atoms with Crippen LogP contribution in [-0.4, -0.2) is 31.5 Å². The standard InChI is InChI=1S/C13H16Cl2N2O4S/c1-3-21-12(18)8-11(13(14)15)16-17-22(19,20)10-6-4-9(2)5-7-10/h4-7,13,17H,3,8H2,1-2H3/b16-11+. The molecule has 0 bridgehead atoms. The van der Waals surface area contributed by atoms with Crippen molar-refractivity contribution in [2.45, 2.75) is 30.0 Å². The summed E-state index contributed by atoms with van der Waals surface area (Å²) in [6.45, 7) is 3.68. The van der Waals surface area contributed by atoms with Gasteiger partial charge < -0.3 is 4.74 Å². The lowest BCUT2D eigenvalue weighted by atomic mass is 10.2. The van der Waals surface area contributed by atoms with Crippen LogP contribution >= 0.6 is 23.2 Å². The number of carbonyl (C=O) groups is 1. The topological polar surface area (TPSA) is 84.8 Å². The molecule has 6 nitrogen and oxygen atoms in total. The highest BCUT2D eigenvalue weighted by Crippen LogP contribution is 2.12. The van der Waals surface area contributed by atoms with Gasteiger partial charge in [0.15, 0.2) is 0 Å². The molecule has 0 saturated heterocycles. The second-order valence-electron chi connectivity index (χ2n) is 4.29. The maximum Gasteiger partial charge on any atom is 0.311 e. The molecule has 0 aliphatic rings. The number of hydrazone groups is 1. The largest absolute Gasteiger partial charge is 0.466 e. The van der Waals surface area contributed by atoms with Gasteiger partial charge in [0.25, 0.3) is 10.0 Å². The number of benzene rings is 1. The highest BCUT2D eigenvalue weighted by molar-refractivity contribution is 7.89. The Balaban J connectivity index is 2.89. The summed E-state index contributed by atoms with van der Waals surface area (Å²) in [6, 6.07) is 6.20. The molecular weight excluding hydrogens is 351 g/mol. The molecule has 0 saturated carbocycles. The van der Waals surface area contributed by atoms with Crippen molar-refractivity contribution in [2.24, 2.45) is 5.10 Å². The van der Waals surface area contributed by atoms with Gasteiger partial charge in [-0.05, 0) is 26.0 Å². The van der Waals surface area contributed by atoms with E-state index >= 15 is 0 Å². The Kier molecular flexibility index (Phi) is 7.12. The molecular formula is C13H16Cl2N2O4S. The van der Waals surface area contributed by atoms with Gasteiger partial charge in [-0.15, -0.1) is 0 Å². The molecule has 1 N–H and O–H groups in total. The van der Waals surface area contributed by atoms with Crippen molar-refractivity contribution < 1.29 is 17.9 Å². The fourth-order valence-electron chi connectivity index (χ4n) is 1.41. The van der Waals surface area contributed by atoms with Crippen molar-refractivity contribution in [1.29, 1.82) is 0 Å². The highest BCUT2D eigenvalue weighted by atomic mass is 35.5. The van der Waals surface area contributed by atoms with E-state index in [9.17, 15) is 13.2 Å². The lowest BCUT2D eigenvalue weighted by Gasteiger charge is -2.09. The predicted octanol–water partition coefficient (Wildman–Crippen LogP) is 2.39. The van der Waals surface area contributed by atoms with E-state index in [4.69, 9.17) is 27.9 Å². The lowest BCUT2D eigenvalue weighted by Crippen LogP contribution is -2.24. The molecule has 122 valence electrons. The van der Waals surface area contributed by atoms with Gasteiger partial charge in [-0.25, -0.2) is 4.83 Å². The average molecular weight is 367 g/mol. The maximum atomic E-state index is 12.1. The van der Waals surface area contributed by atoms with E-state index in [0.29, 0.717) is 0 Å². The quantitative estimate of drug-likeness (QED) is 0.347.